The number of hydrogen-bond donors (Lipinski definition) is 0. The number of benzene rings is 1. The fraction of sp³-hybridized carbons (Fsp3) is 0.125. The number of halogens is 1. The third kappa shape index (κ3) is 3.74. The molecule has 122 valence electrons. The molecule has 6 nitrogen and oxygen atoms in total. The first-order valence-electron chi connectivity index (χ1n) is 6.96. The molecule has 0 aliphatic heterocycles. The Hall–Kier alpha value is -2.38. The zero-order valence-electron chi connectivity index (χ0n) is 12.6. The first-order chi connectivity index (χ1) is 11.5. The van der Waals surface area contributed by atoms with Crippen molar-refractivity contribution in [2.75, 3.05) is 0 Å². The number of rotatable bonds is 5. The van der Waals surface area contributed by atoms with Crippen LogP contribution in [0.2, 0.25) is 5.02 Å². The summed E-state index contributed by atoms with van der Waals surface area (Å²) < 4.78 is 17.8. The molecule has 0 fully saturated rings. The standard InChI is InChI=1S/C16H12ClN3O3S/c1-10(21)12-4-7-14(18-8-12)9-24(22)16-20-19-15(23-16)11-2-5-13(17)6-3-11/h2-8H,9H2,1H3. The second-order valence-electron chi connectivity index (χ2n) is 4.96. The molecule has 1 unspecified atom stereocenters. The highest BCUT2D eigenvalue weighted by Gasteiger charge is 2.16. The van der Waals surface area contributed by atoms with E-state index < -0.39 is 10.8 Å². The lowest BCUT2D eigenvalue weighted by Crippen LogP contribution is -2.01. The van der Waals surface area contributed by atoms with Gasteiger partial charge in [-0.15, -0.1) is 5.10 Å². The van der Waals surface area contributed by atoms with Crippen LogP contribution in [0.15, 0.2) is 52.2 Å². The van der Waals surface area contributed by atoms with Crippen molar-refractivity contribution in [1.82, 2.24) is 15.2 Å². The zero-order valence-corrected chi connectivity index (χ0v) is 14.2. The van der Waals surface area contributed by atoms with Gasteiger partial charge in [0.2, 0.25) is 5.89 Å². The highest BCUT2D eigenvalue weighted by atomic mass is 35.5. The SMILES string of the molecule is CC(=O)c1ccc(CS(=O)c2nnc(-c3ccc(Cl)cc3)o2)nc1. The number of carbonyl (C=O) groups excluding carboxylic acids is 1. The Bertz CT molecular complexity index is 892. The van der Waals surface area contributed by atoms with Crippen molar-refractivity contribution in [3.05, 3.63) is 58.9 Å². The van der Waals surface area contributed by atoms with Gasteiger partial charge in [-0.05, 0) is 43.3 Å². The molecule has 1 atom stereocenters. The average Bonchev–Trinajstić information content (AvgIpc) is 3.06. The fourth-order valence-corrected chi connectivity index (χ4v) is 2.92. The smallest absolute Gasteiger partial charge is 0.308 e. The summed E-state index contributed by atoms with van der Waals surface area (Å²) in [6.45, 7) is 1.46. The van der Waals surface area contributed by atoms with E-state index in [9.17, 15) is 9.00 Å². The molecule has 0 saturated carbocycles. The van der Waals surface area contributed by atoms with E-state index in [0.29, 0.717) is 21.8 Å². The van der Waals surface area contributed by atoms with Crippen molar-refractivity contribution >= 4 is 28.2 Å². The summed E-state index contributed by atoms with van der Waals surface area (Å²) in [6.07, 6.45) is 1.46. The van der Waals surface area contributed by atoms with E-state index in [1.165, 1.54) is 13.1 Å². The number of hydrogen-bond acceptors (Lipinski definition) is 6. The molecule has 24 heavy (non-hydrogen) atoms. The lowest BCUT2D eigenvalue weighted by molar-refractivity contribution is 0.101. The molecule has 0 bridgehead atoms. The van der Waals surface area contributed by atoms with Gasteiger partial charge in [-0.2, -0.15) is 0 Å². The predicted octanol–water partition coefficient (Wildman–Crippen LogP) is 3.30. The maximum absolute atomic E-state index is 12.3. The molecule has 0 radical (unpaired) electrons. The summed E-state index contributed by atoms with van der Waals surface area (Å²) >= 11 is 5.83. The van der Waals surface area contributed by atoms with Crippen LogP contribution >= 0.6 is 11.6 Å². The molecular weight excluding hydrogens is 350 g/mol. The molecule has 2 heterocycles. The quantitative estimate of drug-likeness (QED) is 0.648. The Morgan fingerprint density at radius 2 is 1.92 bits per heavy atom. The minimum absolute atomic E-state index is 0.0254. The van der Waals surface area contributed by atoms with Crippen LogP contribution in [-0.2, 0) is 16.6 Å². The van der Waals surface area contributed by atoms with Crippen molar-refractivity contribution in [2.24, 2.45) is 0 Å². The van der Waals surface area contributed by atoms with Gasteiger partial charge in [0.25, 0.3) is 0 Å². The molecule has 0 aliphatic rings. The van der Waals surface area contributed by atoms with Crippen LogP contribution in [-0.4, -0.2) is 25.2 Å². The Labute approximate surface area is 145 Å². The summed E-state index contributed by atoms with van der Waals surface area (Å²) in [5.74, 6) is 0.329. The molecule has 0 saturated heterocycles. The highest BCUT2D eigenvalue weighted by Crippen LogP contribution is 2.21. The van der Waals surface area contributed by atoms with Crippen LogP contribution in [0.3, 0.4) is 0 Å². The number of ketones is 1. The van der Waals surface area contributed by atoms with Crippen LogP contribution < -0.4 is 0 Å². The lowest BCUT2D eigenvalue weighted by Gasteiger charge is -1.99. The van der Waals surface area contributed by atoms with Crippen molar-refractivity contribution in [2.45, 2.75) is 17.9 Å². The third-order valence-electron chi connectivity index (χ3n) is 3.20. The molecule has 0 N–H and O–H groups in total. The Balaban J connectivity index is 1.73. The number of Topliss-reactive ketones (excluding diaryl/α,β-unsaturated/α-hetero) is 1. The molecule has 3 aromatic rings. The van der Waals surface area contributed by atoms with Crippen molar-refractivity contribution in [3.63, 3.8) is 0 Å². The third-order valence-corrected chi connectivity index (χ3v) is 4.57. The number of carbonyl (C=O) groups is 1. The first-order valence-corrected chi connectivity index (χ1v) is 8.66. The molecule has 1 aromatic carbocycles. The number of pyridine rings is 1. The van der Waals surface area contributed by atoms with E-state index in [1.807, 2.05) is 0 Å². The Morgan fingerprint density at radius 1 is 1.17 bits per heavy atom. The fourth-order valence-electron chi connectivity index (χ4n) is 1.93. The summed E-state index contributed by atoms with van der Waals surface area (Å²) in [5, 5.41) is 8.35. The average molecular weight is 362 g/mol. The Kier molecular flexibility index (Phi) is 4.82. The maximum atomic E-state index is 12.3. The molecular formula is C16H12ClN3O3S. The largest absolute Gasteiger partial charge is 0.409 e. The van der Waals surface area contributed by atoms with E-state index in [-0.39, 0.29) is 22.6 Å². The van der Waals surface area contributed by atoms with Crippen molar-refractivity contribution < 1.29 is 13.4 Å². The molecule has 3 rings (SSSR count). The molecule has 0 amide bonds. The minimum atomic E-state index is -1.52. The van der Waals surface area contributed by atoms with Gasteiger partial charge >= 0.3 is 5.22 Å². The van der Waals surface area contributed by atoms with Gasteiger partial charge in [-0.3, -0.25) is 9.78 Å². The molecule has 0 aliphatic carbocycles. The summed E-state index contributed by atoms with van der Waals surface area (Å²) in [4.78, 5) is 15.3. The van der Waals surface area contributed by atoms with Crippen LogP contribution in [0, 0.1) is 0 Å². The molecule has 8 heteroatoms. The second-order valence-corrected chi connectivity index (χ2v) is 6.73. The van der Waals surface area contributed by atoms with Crippen LogP contribution in [0.4, 0.5) is 0 Å². The molecule has 2 aromatic heterocycles. The minimum Gasteiger partial charge on any atom is -0.409 e. The maximum Gasteiger partial charge on any atom is 0.308 e. The summed E-state index contributed by atoms with van der Waals surface area (Å²) in [5.41, 5.74) is 1.77. The van der Waals surface area contributed by atoms with Crippen LogP contribution in [0.1, 0.15) is 23.0 Å². The monoisotopic (exact) mass is 361 g/mol. The van der Waals surface area contributed by atoms with Crippen LogP contribution in [0.5, 0.6) is 0 Å². The number of aromatic nitrogens is 3. The van der Waals surface area contributed by atoms with E-state index in [4.69, 9.17) is 16.0 Å². The van der Waals surface area contributed by atoms with Gasteiger partial charge in [0.05, 0.1) is 11.4 Å². The predicted molar refractivity (Wildman–Crippen MR) is 89.1 cm³/mol. The Morgan fingerprint density at radius 3 is 2.54 bits per heavy atom. The summed E-state index contributed by atoms with van der Waals surface area (Å²) in [7, 11) is -1.52. The van der Waals surface area contributed by atoms with E-state index >= 15 is 0 Å². The van der Waals surface area contributed by atoms with Gasteiger partial charge in [0.15, 0.2) is 5.78 Å². The topological polar surface area (TPSA) is 86.0 Å². The highest BCUT2D eigenvalue weighted by molar-refractivity contribution is 7.83. The van der Waals surface area contributed by atoms with Gasteiger partial charge < -0.3 is 4.42 Å². The molecule has 0 spiro atoms. The van der Waals surface area contributed by atoms with E-state index in [2.05, 4.69) is 15.2 Å². The van der Waals surface area contributed by atoms with E-state index in [0.717, 1.165) is 0 Å². The second kappa shape index (κ2) is 7.02. The lowest BCUT2D eigenvalue weighted by atomic mass is 10.2. The normalized spacial score (nSPS) is 12.1. The van der Waals surface area contributed by atoms with Crippen molar-refractivity contribution in [3.8, 4) is 11.5 Å². The summed E-state index contributed by atoms with van der Waals surface area (Å²) in [6, 6.07) is 10.2. The van der Waals surface area contributed by atoms with Crippen molar-refractivity contribution in [1.29, 1.82) is 0 Å². The zero-order chi connectivity index (χ0) is 17.1. The number of nitrogens with zero attached hydrogens (tertiary/aromatic N) is 3. The first kappa shape index (κ1) is 16.5. The van der Waals surface area contributed by atoms with Gasteiger partial charge in [-0.25, -0.2) is 4.21 Å². The van der Waals surface area contributed by atoms with Gasteiger partial charge in [0, 0.05) is 22.3 Å². The van der Waals surface area contributed by atoms with Gasteiger partial charge in [0.1, 0.15) is 10.8 Å². The van der Waals surface area contributed by atoms with Gasteiger partial charge in [-0.1, -0.05) is 16.7 Å². The van der Waals surface area contributed by atoms with E-state index in [1.54, 1.807) is 36.4 Å². The van der Waals surface area contributed by atoms with Crippen LogP contribution in [0.25, 0.3) is 11.5 Å².